The fourth-order valence-electron chi connectivity index (χ4n) is 9.82. The molecule has 2 aromatic heterocycles. The highest BCUT2D eigenvalue weighted by Crippen LogP contribution is 2.64. The van der Waals surface area contributed by atoms with Gasteiger partial charge in [-0.3, -0.25) is 23.9 Å². The number of fused-ring (bicyclic) bond motifs is 5. The van der Waals surface area contributed by atoms with Gasteiger partial charge in [0.25, 0.3) is 0 Å². The van der Waals surface area contributed by atoms with Crippen LogP contribution in [0.15, 0.2) is 78.4 Å². The smallest absolute Gasteiger partial charge is 0.416 e. The molecule has 9 nitrogen and oxygen atoms in total. The van der Waals surface area contributed by atoms with Gasteiger partial charge >= 0.3 is 12.4 Å². The van der Waals surface area contributed by atoms with Gasteiger partial charge in [0.2, 0.25) is 23.6 Å². The van der Waals surface area contributed by atoms with Crippen LogP contribution >= 0.6 is 22.9 Å². The number of halogens is 7. The predicted octanol–water partition coefficient (Wildman–Crippen LogP) is 9.44. The molecular formula is C42H31ClF6N4O5S. The molecule has 0 unspecified atom stereocenters. The first-order valence-electron chi connectivity index (χ1n) is 18.5. The molecule has 1 saturated carbocycles. The maximum absolute atomic E-state index is 15.0. The van der Waals surface area contributed by atoms with E-state index in [1.165, 1.54) is 28.2 Å². The summed E-state index contributed by atoms with van der Waals surface area (Å²) in [5.41, 5.74) is -3.26. The Balaban J connectivity index is 1.13. The van der Waals surface area contributed by atoms with E-state index >= 15 is 4.79 Å². The molecule has 59 heavy (non-hydrogen) atoms. The zero-order chi connectivity index (χ0) is 42.2. The van der Waals surface area contributed by atoms with E-state index in [0.717, 1.165) is 25.4 Å². The zero-order valence-electron chi connectivity index (χ0n) is 31.2. The third-order valence-electron chi connectivity index (χ3n) is 12.5. The van der Waals surface area contributed by atoms with Crippen LogP contribution in [0.25, 0.3) is 20.7 Å². The SMILES string of the molecule is Cc1c(-c2cc(N3C(=O)[C@@H]4C[C@@H]5C(=CC[C@@H]6C(=O)N(c7cc(C(F)(F)F)cc(C(F)(F)F)c7)C(=O)[C@@H]65)[C@H](c5ccc(O)cc5)[C@]4(C)C3=O)n(C)n2)sc2ccc(Cl)cc12. The minimum Gasteiger partial charge on any atom is -0.508 e. The van der Waals surface area contributed by atoms with Crippen molar-refractivity contribution >= 4 is 68.2 Å². The molecule has 4 heterocycles. The Morgan fingerprint density at radius 2 is 1.51 bits per heavy atom. The number of anilines is 2. The molecule has 304 valence electrons. The Morgan fingerprint density at radius 3 is 2.15 bits per heavy atom. The van der Waals surface area contributed by atoms with Crippen molar-refractivity contribution < 1.29 is 50.6 Å². The molecule has 5 aromatic rings. The number of aryl methyl sites for hydroxylation is 2. The van der Waals surface area contributed by atoms with Gasteiger partial charge in [0, 0.05) is 28.8 Å². The molecule has 9 rings (SSSR count). The molecule has 0 spiro atoms. The number of amides is 4. The molecule has 1 N–H and O–H groups in total. The van der Waals surface area contributed by atoms with Crippen molar-refractivity contribution in [3.8, 4) is 16.3 Å². The van der Waals surface area contributed by atoms with Crippen LogP contribution in [0, 0.1) is 36.0 Å². The number of nitrogens with zero attached hydrogens (tertiary/aromatic N) is 4. The van der Waals surface area contributed by atoms with Gasteiger partial charge < -0.3 is 5.11 Å². The number of carbonyl (C=O) groups is 4. The number of aromatic nitrogens is 2. The van der Waals surface area contributed by atoms with Crippen molar-refractivity contribution in [3.05, 3.63) is 106 Å². The highest BCUT2D eigenvalue weighted by molar-refractivity contribution is 7.22. The Hall–Kier alpha value is -5.48. The number of alkyl halides is 6. The minimum absolute atomic E-state index is 0.0786. The van der Waals surface area contributed by atoms with Gasteiger partial charge in [-0.1, -0.05) is 35.4 Å². The van der Waals surface area contributed by atoms with Crippen LogP contribution in [0.4, 0.5) is 37.8 Å². The van der Waals surface area contributed by atoms with E-state index in [1.54, 1.807) is 44.3 Å². The molecule has 0 radical (unpaired) electrons. The van der Waals surface area contributed by atoms with Gasteiger partial charge in [0.1, 0.15) is 17.3 Å². The van der Waals surface area contributed by atoms with Gasteiger partial charge in [0.05, 0.1) is 44.9 Å². The van der Waals surface area contributed by atoms with E-state index < -0.39 is 87.8 Å². The van der Waals surface area contributed by atoms with Crippen LogP contribution in [0.3, 0.4) is 0 Å². The number of rotatable bonds is 4. The van der Waals surface area contributed by atoms with Crippen LogP contribution in [-0.4, -0.2) is 38.5 Å². The highest BCUT2D eigenvalue weighted by atomic mass is 35.5. The van der Waals surface area contributed by atoms with Crippen LogP contribution in [0.5, 0.6) is 5.75 Å². The third kappa shape index (κ3) is 5.76. The first-order chi connectivity index (χ1) is 27.7. The molecular weight excluding hydrogens is 822 g/mol. The molecule has 0 bridgehead atoms. The molecule has 2 saturated heterocycles. The lowest BCUT2D eigenvalue weighted by molar-refractivity contribution is -0.143. The summed E-state index contributed by atoms with van der Waals surface area (Å²) in [7, 11) is 1.60. The number of hydrogen-bond acceptors (Lipinski definition) is 7. The number of benzene rings is 3. The first-order valence-corrected chi connectivity index (χ1v) is 19.7. The van der Waals surface area contributed by atoms with E-state index in [4.69, 9.17) is 16.7 Å². The number of hydrogen-bond donors (Lipinski definition) is 1. The topological polar surface area (TPSA) is 113 Å². The summed E-state index contributed by atoms with van der Waals surface area (Å²) in [5.74, 6) is -8.33. The summed E-state index contributed by atoms with van der Waals surface area (Å²) >= 11 is 7.74. The van der Waals surface area contributed by atoms with Gasteiger partial charge in [0.15, 0.2) is 0 Å². The fraction of sp³-hybridized carbons (Fsp3) is 0.310. The Labute approximate surface area is 340 Å². The van der Waals surface area contributed by atoms with E-state index in [9.17, 15) is 45.8 Å². The third-order valence-corrected chi connectivity index (χ3v) is 14.1. The second kappa shape index (κ2) is 13.0. The predicted molar refractivity (Wildman–Crippen MR) is 205 cm³/mol. The molecule has 4 aliphatic rings. The van der Waals surface area contributed by atoms with Crippen LogP contribution < -0.4 is 9.80 Å². The largest absolute Gasteiger partial charge is 0.508 e. The monoisotopic (exact) mass is 852 g/mol. The number of phenols is 1. The summed E-state index contributed by atoms with van der Waals surface area (Å²) in [5, 5.41) is 16.4. The summed E-state index contributed by atoms with van der Waals surface area (Å²) in [6.07, 6.45) is -8.98. The lowest BCUT2D eigenvalue weighted by atomic mass is 9.51. The van der Waals surface area contributed by atoms with E-state index in [-0.39, 0.29) is 30.5 Å². The van der Waals surface area contributed by atoms with Crippen LogP contribution in [-0.2, 0) is 38.6 Å². The summed E-state index contributed by atoms with van der Waals surface area (Å²) < 4.78 is 85.7. The normalized spacial score (nSPS) is 25.8. The van der Waals surface area contributed by atoms with Gasteiger partial charge in [-0.05, 0) is 97.7 Å². The number of allylic oxidation sites excluding steroid dienone is 2. The first kappa shape index (κ1) is 39.0. The zero-order valence-corrected chi connectivity index (χ0v) is 32.7. The lowest BCUT2D eigenvalue weighted by Crippen LogP contribution is -2.48. The molecule has 2 aliphatic carbocycles. The second-order valence-corrected chi connectivity index (χ2v) is 17.2. The van der Waals surface area contributed by atoms with Crippen LogP contribution in [0.2, 0.25) is 5.02 Å². The van der Waals surface area contributed by atoms with E-state index in [2.05, 4.69) is 0 Å². The Bertz CT molecular complexity index is 2670. The summed E-state index contributed by atoms with van der Waals surface area (Å²) in [4.78, 5) is 60.5. The van der Waals surface area contributed by atoms with Crippen molar-refractivity contribution in [1.82, 2.24) is 9.78 Å². The maximum Gasteiger partial charge on any atom is 0.416 e. The number of aromatic hydroxyl groups is 1. The quantitative estimate of drug-likeness (QED) is 0.110. The Morgan fingerprint density at radius 1 is 0.847 bits per heavy atom. The van der Waals surface area contributed by atoms with Crippen molar-refractivity contribution in [2.75, 3.05) is 9.80 Å². The summed E-state index contributed by atoms with van der Waals surface area (Å²) in [6.45, 7) is 3.58. The lowest BCUT2D eigenvalue weighted by Gasteiger charge is -2.49. The van der Waals surface area contributed by atoms with Crippen LogP contribution in [0.1, 0.15) is 47.9 Å². The van der Waals surface area contributed by atoms with Gasteiger partial charge in [-0.15, -0.1) is 11.3 Å². The van der Waals surface area contributed by atoms with Crippen molar-refractivity contribution in [2.45, 2.75) is 45.0 Å². The maximum atomic E-state index is 15.0. The number of imide groups is 2. The van der Waals surface area contributed by atoms with E-state index in [0.29, 0.717) is 38.9 Å². The minimum atomic E-state index is -5.23. The van der Waals surface area contributed by atoms with Gasteiger partial charge in [-0.2, -0.15) is 31.4 Å². The average Bonchev–Trinajstić information content (AvgIpc) is 3.84. The summed E-state index contributed by atoms with van der Waals surface area (Å²) in [6, 6.07) is 13.8. The molecule has 3 fully saturated rings. The fourth-order valence-corrected chi connectivity index (χ4v) is 11.1. The molecule has 2 aliphatic heterocycles. The number of carbonyl (C=O) groups excluding carboxylic acids is 4. The van der Waals surface area contributed by atoms with Crippen molar-refractivity contribution in [2.24, 2.45) is 36.1 Å². The molecule has 3 aromatic carbocycles. The highest BCUT2D eigenvalue weighted by Gasteiger charge is 2.68. The molecule has 17 heteroatoms. The van der Waals surface area contributed by atoms with Gasteiger partial charge in [-0.25, -0.2) is 9.80 Å². The standard InChI is InChI=1S/C42H31ClF6N4O5S/c1-18-27-15-22(43)6-11-31(27)59-35(18)30-17-32(51(3)50-30)53-37(56)29-16-28-25(34(40(29,2)39(53)58)19-4-7-24(54)8-5-19)9-10-26-33(28)38(57)52(36(26)55)23-13-20(41(44,45)46)12-21(14-23)42(47,48)49/h4-9,11-15,17,26,28-29,33-34,54H,10,16H2,1-3H3/t26-,28+,29-,33-,34-,40+/m0/s1. The Kier molecular flexibility index (Phi) is 8.60. The molecule has 4 amide bonds. The van der Waals surface area contributed by atoms with Crippen molar-refractivity contribution in [1.29, 1.82) is 0 Å². The number of thiophene rings is 1. The second-order valence-electron chi connectivity index (χ2n) is 15.7. The van der Waals surface area contributed by atoms with Crippen molar-refractivity contribution in [3.63, 3.8) is 0 Å². The van der Waals surface area contributed by atoms with E-state index in [1.807, 2.05) is 19.1 Å². The average molecular weight is 853 g/mol. The number of phenolic OH excluding ortho intramolecular Hbond substituents is 1. The molecule has 6 atom stereocenters.